The van der Waals surface area contributed by atoms with Crippen molar-refractivity contribution in [2.75, 3.05) is 0 Å². The molecule has 27 heavy (non-hydrogen) atoms. The van der Waals surface area contributed by atoms with Gasteiger partial charge in [-0.3, -0.25) is 4.79 Å². The summed E-state index contributed by atoms with van der Waals surface area (Å²) in [7, 11) is 0. The molecule has 2 nitrogen and oxygen atoms in total. The van der Waals surface area contributed by atoms with Gasteiger partial charge < -0.3 is 4.74 Å². The van der Waals surface area contributed by atoms with E-state index in [9.17, 15) is 18.0 Å². The van der Waals surface area contributed by atoms with Crippen molar-refractivity contribution in [1.82, 2.24) is 0 Å². The van der Waals surface area contributed by atoms with Gasteiger partial charge in [-0.05, 0) is 36.2 Å². The van der Waals surface area contributed by atoms with Crippen molar-refractivity contribution in [1.29, 1.82) is 0 Å². The first-order valence-electron chi connectivity index (χ1n) is 8.34. The number of ketones is 1. The van der Waals surface area contributed by atoms with Crippen LogP contribution in [0.3, 0.4) is 0 Å². The largest absolute Gasteiger partial charge is 0.488 e. The lowest BCUT2D eigenvalue weighted by atomic mass is 9.96. The first-order valence-corrected chi connectivity index (χ1v) is 8.34. The highest BCUT2D eigenvalue weighted by Gasteiger charge is 2.34. The molecule has 5 heteroatoms. The molecule has 0 aromatic heterocycles. The van der Waals surface area contributed by atoms with Crippen molar-refractivity contribution in [2.24, 2.45) is 0 Å². The van der Waals surface area contributed by atoms with Crippen molar-refractivity contribution in [3.63, 3.8) is 0 Å². The SMILES string of the molecule is CC(=O)c1ccc(-c2ccccc2C(F)(F)F)c(OCc2ccccc2)c1. The summed E-state index contributed by atoms with van der Waals surface area (Å²) in [5.41, 5.74) is 0.823. The van der Waals surface area contributed by atoms with E-state index in [4.69, 9.17) is 4.74 Å². The van der Waals surface area contributed by atoms with Gasteiger partial charge in [-0.2, -0.15) is 13.2 Å². The summed E-state index contributed by atoms with van der Waals surface area (Å²) < 4.78 is 46.1. The Labute approximate surface area is 155 Å². The topological polar surface area (TPSA) is 26.3 Å². The maximum absolute atomic E-state index is 13.4. The average molecular weight is 370 g/mol. The lowest BCUT2D eigenvalue weighted by Gasteiger charge is -2.17. The molecule has 138 valence electrons. The number of rotatable bonds is 5. The molecule has 0 aliphatic heterocycles. The maximum Gasteiger partial charge on any atom is 0.417 e. The molecule has 0 atom stereocenters. The van der Waals surface area contributed by atoms with E-state index in [0.29, 0.717) is 11.1 Å². The second kappa shape index (κ2) is 7.66. The second-order valence-corrected chi connectivity index (χ2v) is 6.08. The van der Waals surface area contributed by atoms with Crippen molar-refractivity contribution in [3.8, 4) is 16.9 Å². The maximum atomic E-state index is 13.4. The van der Waals surface area contributed by atoms with E-state index >= 15 is 0 Å². The van der Waals surface area contributed by atoms with Gasteiger partial charge in [0, 0.05) is 11.1 Å². The van der Waals surface area contributed by atoms with E-state index in [2.05, 4.69) is 0 Å². The van der Waals surface area contributed by atoms with Gasteiger partial charge in [0.25, 0.3) is 0 Å². The molecule has 0 N–H and O–H groups in total. The number of hydrogen-bond acceptors (Lipinski definition) is 2. The van der Waals surface area contributed by atoms with Crippen LogP contribution in [0, 0.1) is 0 Å². The van der Waals surface area contributed by atoms with E-state index in [1.165, 1.54) is 37.3 Å². The molecular formula is C22H17F3O2. The van der Waals surface area contributed by atoms with Gasteiger partial charge in [-0.1, -0.05) is 54.6 Å². The van der Waals surface area contributed by atoms with Crippen molar-refractivity contribution in [2.45, 2.75) is 19.7 Å². The van der Waals surface area contributed by atoms with Crippen LogP contribution >= 0.6 is 0 Å². The highest BCUT2D eigenvalue weighted by Crippen LogP contribution is 2.40. The molecule has 0 aliphatic rings. The van der Waals surface area contributed by atoms with E-state index in [1.807, 2.05) is 30.3 Å². The first kappa shape index (κ1) is 18.7. The summed E-state index contributed by atoms with van der Waals surface area (Å²) in [6.07, 6.45) is -4.49. The molecule has 0 bridgehead atoms. The van der Waals surface area contributed by atoms with Crippen LogP contribution in [0.2, 0.25) is 0 Å². The highest BCUT2D eigenvalue weighted by molar-refractivity contribution is 5.95. The van der Waals surface area contributed by atoms with Crippen LogP contribution in [0.1, 0.15) is 28.4 Å². The zero-order chi connectivity index (χ0) is 19.4. The predicted octanol–water partition coefficient (Wildman–Crippen LogP) is 6.15. The Hall–Kier alpha value is -3.08. The Morgan fingerprint density at radius 1 is 0.889 bits per heavy atom. The summed E-state index contributed by atoms with van der Waals surface area (Å²) in [5.74, 6) is 0.0541. The van der Waals surface area contributed by atoms with Crippen LogP contribution < -0.4 is 4.74 Å². The number of carbonyl (C=O) groups excluding carboxylic acids is 1. The zero-order valence-corrected chi connectivity index (χ0v) is 14.6. The van der Waals surface area contributed by atoms with Crippen LogP contribution in [0.5, 0.6) is 5.75 Å². The smallest absolute Gasteiger partial charge is 0.417 e. The zero-order valence-electron chi connectivity index (χ0n) is 14.6. The molecule has 0 amide bonds. The Morgan fingerprint density at radius 2 is 1.56 bits per heavy atom. The lowest BCUT2D eigenvalue weighted by Crippen LogP contribution is -2.08. The van der Waals surface area contributed by atoms with E-state index < -0.39 is 11.7 Å². The van der Waals surface area contributed by atoms with Gasteiger partial charge in [0.2, 0.25) is 0 Å². The normalized spacial score (nSPS) is 11.3. The van der Waals surface area contributed by atoms with Gasteiger partial charge >= 0.3 is 6.18 Å². The fourth-order valence-corrected chi connectivity index (χ4v) is 2.78. The van der Waals surface area contributed by atoms with Gasteiger partial charge in [-0.15, -0.1) is 0 Å². The number of halogens is 3. The number of benzene rings is 3. The monoisotopic (exact) mass is 370 g/mol. The number of carbonyl (C=O) groups is 1. The summed E-state index contributed by atoms with van der Waals surface area (Å²) in [6, 6.07) is 19.1. The van der Waals surface area contributed by atoms with Crippen molar-refractivity contribution < 1.29 is 22.7 Å². The first-order chi connectivity index (χ1) is 12.9. The number of Topliss-reactive ketones (excluding diaryl/α,β-unsaturated/α-hetero) is 1. The molecule has 3 rings (SSSR count). The van der Waals surface area contributed by atoms with E-state index in [0.717, 1.165) is 11.6 Å². The molecule has 3 aromatic carbocycles. The Bertz CT molecular complexity index is 947. The minimum absolute atomic E-state index is 0.0168. The van der Waals surface area contributed by atoms with E-state index in [1.54, 1.807) is 6.07 Å². The molecule has 0 aliphatic carbocycles. The molecule has 0 spiro atoms. The predicted molar refractivity (Wildman–Crippen MR) is 97.7 cm³/mol. The van der Waals surface area contributed by atoms with Gasteiger partial charge in [0.15, 0.2) is 5.78 Å². The molecule has 0 unspecified atom stereocenters. The van der Waals surface area contributed by atoms with E-state index in [-0.39, 0.29) is 23.7 Å². The van der Waals surface area contributed by atoms with Gasteiger partial charge in [0.05, 0.1) is 5.56 Å². The number of ether oxygens (including phenoxy) is 1. The summed E-state index contributed by atoms with van der Waals surface area (Å²) in [6.45, 7) is 1.59. The van der Waals surface area contributed by atoms with Crippen LogP contribution in [0.15, 0.2) is 72.8 Å². The molecule has 0 heterocycles. The third-order valence-electron chi connectivity index (χ3n) is 4.15. The van der Waals surface area contributed by atoms with Crippen LogP contribution in [0.25, 0.3) is 11.1 Å². The average Bonchev–Trinajstić information content (AvgIpc) is 2.66. The molecule has 3 aromatic rings. The second-order valence-electron chi connectivity index (χ2n) is 6.08. The fraction of sp³-hybridized carbons (Fsp3) is 0.136. The Morgan fingerprint density at radius 3 is 2.22 bits per heavy atom. The standard InChI is InChI=1S/C22H17F3O2/c1-15(26)17-11-12-19(18-9-5-6-10-20(18)22(23,24)25)21(13-17)27-14-16-7-3-2-4-8-16/h2-13H,14H2,1H3. The fourth-order valence-electron chi connectivity index (χ4n) is 2.78. The third kappa shape index (κ3) is 4.37. The molecule has 0 saturated carbocycles. The van der Waals surface area contributed by atoms with Gasteiger partial charge in [-0.25, -0.2) is 0 Å². The summed E-state index contributed by atoms with van der Waals surface area (Å²) >= 11 is 0. The molecule has 0 radical (unpaired) electrons. The van der Waals surface area contributed by atoms with Crippen molar-refractivity contribution >= 4 is 5.78 Å². The van der Waals surface area contributed by atoms with Crippen molar-refractivity contribution in [3.05, 3.63) is 89.5 Å². The third-order valence-corrected chi connectivity index (χ3v) is 4.15. The lowest BCUT2D eigenvalue weighted by molar-refractivity contribution is -0.137. The Kier molecular flexibility index (Phi) is 5.31. The Balaban J connectivity index is 2.06. The molecular weight excluding hydrogens is 353 g/mol. The minimum atomic E-state index is -4.49. The number of alkyl halides is 3. The van der Waals surface area contributed by atoms with Crippen LogP contribution in [-0.4, -0.2) is 5.78 Å². The quantitative estimate of drug-likeness (QED) is 0.503. The molecule has 0 saturated heterocycles. The van der Waals surface area contributed by atoms with Gasteiger partial charge in [0.1, 0.15) is 12.4 Å². The minimum Gasteiger partial charge on any atom is -0.488 e. The number of hydrogen-bond donors (Lipinski definition) is 0. The van der Waals surface area contributed by atoms with Crippen LogP contribution in [0.4, 0.5) is 13.2 Å². The van der Waals surface area contributed by atoms with Crippen LogP contribution in [-0.2, 0) is 12.8 Å². The summed E-state index contributed by atoms with van der Waals surface area (Å²) in [4.78, 5) is 11.7. The molecule has 0 fully saturated rings. The summed E-state index contributed by atoms with van der Waals surface area (Å²) in [5, 5.41) is 0. The highest BCUT2D eigenvalue weighted by atomic mass is 19.4.